The van der Waals surface area contributed by atoms with Crippen molar-refractivity contribution < 1.29 is 4.74 Å². The Balaban J connectivity index is 2.38. The summed E-state index contributed by atoms with van der Waals surface area (Å²) in [4.78, 5) is 2.20. The number of methoxy groups -OCH3 is 1. The summed E-state index contributed by atoms with van der Waals surface area (Å²) in [6.45, 7) is 0. The van der Waals surface area contributed by atoms with Gasteiger partial charge in [-0.05, 0) is 25.2 Å². The van der Waals surface area contributed by atoms with Crippen LogP contribution in [-0.4, -0.2) is 26.1 Å². The summed E-state index contributed by atoms with van der Waals surface area (Å²) in [6.07, 6.45) is 0.0265. The van der Waals surface area contributed by atoms with Crippen molar-refractivity contribution in [1.29, 1.82) is 0 Å². The van der Waals surface area contributed by atoms with Crippen LogP contribution in [0, 0.1) is 0 Å². The molecular weight excluding hydrogens is 234 g/mol. The fourth-order valence-electron chi connectivity index (χ4n) is 2.48. The molecule has 0 saturated heterocycles. The summed E-state index contributed by atoms with van der Waals surface area (Å²) in [5.74, 6) is 0. The van der Waals surface area contributed by atoms with E-state index in [2.05, 4.69) is 67.5 Å². The summed E-state index contributed by atoms with van der Waals surface area (Å²) < 4.78 is 5.77. The third kappa shape index (κ3) is 3.22. The van der Waals surface area contributed by atoms with Gasteiger partial charge in [-0.25, -0.2) is 0 Å². The van der Waals surface area contributed by atoms with Gasteiger partial charge in [0.25, 0.3) is 0 Å². The molecule has 2 heteroatoms. The minimum absolute atomic E-state index is 0.0265. The second-order valence-electron chi connectivity index (χ2n) is 4.89. The van der Waals surface area contributed by atoms with Gasteiger partial charge >= 0.3 is 0 Å². The number of likely N-dealkylation sites (N-methyl/N-ethyl adjacent to an activating group) is 1. The molecule has 2 rings (SSSR count). The van der Waals surface area contributed by atoms with Crippen molar-refractivity contribution >= 4 is 0 Å². The zero-order valence-electron chi connectivity index (χ0n) is 11.8. The molecular formula is C17H21NO. The third-order valence-electron chi connectivity index (χ3n) is 3.37. The minimum atomic E-state index is 0.0265. The van der Waals surface area contributed by atoms with E-state index < -0.39 is 0 Å². The maximum atomic E-state index is 5.77. The smallest absolute Gasteiger partial charge is 0.102 e. The van der Waals surface area contributed by atoms with Crippen LogP contribution in [0.4, 0.5) is 0 Å². The molecule has 0 fully saturated rings. The van der Waals surface area contributed by atoms with Crippen molar-refractivity contribution in [3.05, 3.63) is 71.8 Å². The molecule has 0 heterocycles. The highest BCUT2D eigenvalue weighted by atomic mass is 16.5. The summed E-state index contributed by atoms with van der Waals surface area (Å²) >= 11 is 0. The van der Waals surface area contributed by atoms with Gasteiger partial charge in [-0.1, -0.05) is 60.7 Å². The van der Waals surface area contributed by atoms with Crippen LogP contribution in [0.25, 0.3) is 0 Å². The molecule has 0 N–H and O–H groups in total. The lowest BCUT2D eigenvalue weighted by Gasteiger charge is -2.32. The van der Waals surface area contributed by atoms with Gasteiger partial charge in [0.1, 0.15) is 6.10 Å². The van der Waals surface area contributed by atoms with Gasteiger partial charge in [-0.3, -0.25) is 4.90 Å². The van der Waals surface area contributed by atoms with Crippen molar-refractivity contribution in [3.63, 3.8) is 0 Å². The lowest BCUT2D eigenvalue weighted by molar-refractivity contribution is 0.0302. The first-order chi connectivity index (χ1) is 9.24. The van der Waals surface area contributed by atoms with Gasteiger partial charge < -0.3 is 4.74 Å². The molecule has 0 aliphatic heterocycles. The molecule has 0 aliphatic carbocycles. The van der Waals surface area contributed by atoms with Crippen LogP contribution in [0.3, 0.4) is 0 Å². The molecule has 2 aromatic rings. The van der Waals surface area contributed by atoms with E-state index in [1.165, 1.54) is 11.1 Å². The number of benzene rings is 2. The second-order valence-corrected chi connectivity index (χ2v) is 4.89. The predicted octanol–water partition coefficient (Wildman–Crippen LogP) is 3.68. The molecule has 0 aliphatic rings. The fraction of sp³-hybridized carbons (Fsp3) is 0.294. The zero-order chi connectivity index (χ0) is 13.7. The minimum Gasteiger partial charge on any atom is -0.375 e. The van der Waals surface area contributed by atoms with E-state index in [0.29, 0.717) is 0 Å². The SMILES string of the molecule is CO[C@@H](c1ccccc1)[C@@H](c1ccccc1)N(C)C. The quantitative estimate of drug-likeness (QED) is 0.808. The average Bonchev–Trinajstić information content (AvgIpc) is 2.46. The van der Waals surface area contributed by atoms with Gasteiger partial charge in [0.15, 0.2) is 0 Å². The van der Waals surface area contributed by atoms with Gasteiger partial charge in [0, 0.05) is 7.11 Å². The van der Waals surface area contributed by atoms with E-state index in [0.717, 1.165) is 0 Å². The van der Waals surface area contributed by atoms with Crippen LogP contribution in [0.5, 0.6) is 0 Å². The van der Waals surface area contributed by atoms with Crippen molar-refractivity contribution in [1.82, 2.24) is 4.90 Å². The third-order valence-corrected chi connectivity index (χ3v) is 3.37. The lowest BCUT2D eigenvalue weighted by atomic mass is 9.95. The van der Waals surface area contributed by atoms with Crippen LogP contribution in [-0.2, 0) is 4.74 Å². The Hall–Kier alpha value is -1.64. The molecule has 0 bridgehead atoms. The maximum Gasteiger partial charge on any atom is 0.102 e. The van der Waals surface area contributed by atoms with Crippen molar-refractivity contribution in [3.8, 4) is 0 Å². The summed E-state index contributed by atoms with van der Waals surface area (Å²) in [6, 6.07) is 21.1. The number of nitrogens with zero attached hydrogens (tertiary/aromatic N) is 1. The highest BCUT2D eigenvalue weighted by Crippen LogP contribution is 2.34. The van der Waals surface area contributed by atoms with Crippen molar-refractivity contribution in [2.45, 2.75) is 12.1 Å². The number of hydrogen-bond acceptors (Lipinski definition) is 2. The van der Waals surface area contributed by atoms with Crippen molar-refractivity contribution in [2.24, 2.45) is 0 Å². The highest BCUT2D eigenvalue weighted by Gasteiger charge is 2.26. The van der Waals surface area contributed by atoms with Crippen LogP contribution < -0.4 is 0 Å². The Morgan fingerprint density at radius 2 is 1.26 bits per heavy atom. The first-order valence-corrected chi connectivity index (χ1v) is 6.53. The largest absolute Gasteiger partial charge is 0.375 e. The highest BCUT2D eigenvalue weighted by molar-refractivity contribution is 5.26. The van der Waals surface area contributed by atoms with E-state index in [1.54, 1.807) is 7.11 Å². The Kier molecular flexibility index (Phi) is 4.72. The number of rotatable bonds is 5. The molecule has 2 nitrogen and oxygen atoms in total. The molecule has 100 valence electrons. The molecule has 19 heavy (non-hydrogen) atoms. The summed E-state index contributed by atoms with van der Waals surface area (Å²) in [5, 5.41) is 0. The van der Waals surface area contributed by atoms with Crippen LogP contribution in [0.15, 0.2) is 60.7 Å². The van der Waals surface area contributed by atoms with E-state index in [4.69, 9.17) is 4.74 Å². The van der Waals surface area contributed by atoms with Gasteiger partial charge in [-0.15, -0.1) is 0 Å². The normalized spacial score (nSPS) is 14.3. The number of hydrogen-bond donors (Lipinski definition) is 0. The first kappa shape index (κ1) is 13.8. The van der Waals surface area contributed by atoms with Gasteiger partial charge in [0.05, 0.1) is 6.04 Å². The molecule has 0 unspecified atom stereocenters. The molecule has 0 spiro atoms. The Labute approximate surface area is 115 Å². The molecule has 0 radical (unpaired) electrons. The van der Waals surface area contributed by atoms with Gasteiger partial charge in [0.2, 0.25) is 0 Å². The van der Waals surface area contributed by atoms with Crippen molar-refractivity contribution in [2.75, 3.05) is 21.2 Å². The Morgan fingerprint density at radius 1 is 0.789 bits per heavy atom. The molecule has 0 amide bonds. The van der Waals surface area contributed by atoms with Gasteiger partial charge in [-0.2, -0.15) is 0 Å². The van der Waals surface area contributed by atoms with Crippen LogP contribution in [0.1, 0.15) is 23.3 Å². The second kappa shape index (κ2) is 6.50. The van der Waals surface area contributed by atoms with E-state index in [1.807, 2.05) is 12.1 Å². The average molecular weight is 255 g/mol. The Bertz CT molecular complexity index is 481. The fourth-order valence-corrected chi connectivity index (χ4v) is 2.48. The zero-order valence-corrected chi connectivity index (χ0v) is 11.8. The van der Waals surface area contributed by atoms with Crippen LogP contribution >= 0.6 is 0 Å². The summed E-state index contributed by atoms with van der Waals surface area (Å²) in [7, 11) is 5.95. The van der Waals surface area contributed by atoms with E-state index in [-0.39, 0.29) is 12.1 Å². The van der Waals surface area contributed by atoms with E-state index >= 15 is 0 Å². The topological polar surface area (TPSA) is 12.5 Å². The maximum absolute atomic E-state index is 5.77. The lowest BCUT2D eigenvalue weighted by Crippen LogP contribution is -2.27. The molecule has 2 aromatic carbocycles. The first-order valence-electron chi connectivity index (χ1n) is 6.53. The predicted molar refractivity (Wildman–Crippen MR) is 79.1 cm³/mol. The molecule has 2 atom stereocenters. The monoisotopic (exact) mass is 255 g/mol. The Morgan fingerprint density at radius 3 is 1.68 bits per heavy atom. The molecule has 0 saturated carbocycles. The standard InChI is InChI=1S/C17H21NO/c1-18(2)16(14-10-6-4-7-11-14)17(19-3)15-12-8-5-9-13-15/h4-13,16-17H,1-3H3/t16-,17+/m1/s1. The van der Waals surface area contributed by atoms with E-state index in [9.17, 15) is 0 Å². The van der Waals surface area contributed by atoms with Crippen LogP contribution in [0.2, 0.25) is 0 Å². The molecule has 0 aromatic heterocycles. The number of ether oxygens (including phenoxy) is 1. The summed E-state index contributed by atoms with van der Waals surface area (Å²) in [5.41, 5.74) is 2.47.